The lowest BCUT2D eigenvalue weighted by Gasteiger charge is -2.33. The van der Waals surface area contributed by atoms with E-state index in [0.29, 0.717) is 5.92 Å². The summed E-state index contributed by atoms with van der Waals surface area (Å²) in [6.07, 6.45) is 5.92. The molecule has 0 bridgehead atoms. The number of hydrogen-bond acceptors (Lipinski definition) is 6. The molecule has 3 rings (SSSR count). The summed E-state index contributed by atoms with van der Waals surface area (Å²) in [7, 11) is 3.76. The molecule has 2 heterocycles. The van der Waals surface area contributed by atoms with E-state index in [1.54, 1.807) is 13.4 Å². The fraction of sp³-hybridized carbons (Fsp3) is 0.524. The van der Waals surface area contributed by atoms with E-state index in [4.69, 9.17) is 4.74 Å². The number of aliphatic hydroxyl groups is 1. The van der Waals surface area contributed by atoms with Gasteiger partial charge in [-0.05, 0) is 49.3 Å². The highest BCUT2D eigenvalue weighted by molar-refractivity contribution is 5.50. The number of piperidine rings is 1. The van der Waals surface area contributed by atoms with Crippen LogP contribution in [-0.2, 0) is 6.42 Å². The Hall–Kier alpha value is -2.34. The Balaban J connectivity index is 1.54. The SMILES string of the molecule is COc1ccc(CCCN(C)c2cc(N3CCC[C@H](CO)C3)ncn2)cc1. The monoisotopic (exact) mass is 370 g/mol. The van der Waals surface area contributed by atoms with Gasteiger partial charge in [0.1, 0.15) is 23.7 Å². The number of aliphatic hydroxyl groups excluding tert-OH is 1. The number of benzene rings is 1. The van der Waals surface area contributed by atoms with Crippen LogP contribution in [0.1, 0.15) is 24.8 Å². The van der Waals surface area contributed by atoms with Gasteiger partial charge in [-0.15, -0.1) is 0 Å². The van der Waals surface area contributed by atoms with Crippen molar-refractivity contribution in [1.29, 1.82) is 0 Å². The highest BCUT2D eigenvalue weighted by Crippen LogP contribution is 2.23. The van der Waals surface area contributed by atoms with E-state index in [9.17, 15) is 5.11 Å². The third-order valence-corrected chi connectivity index (χ3v) is 5.25. The van der Waals surface area contributed by atoms with Crippen molar-refractivity contribution in [2.24, 2.45) is 5.92 Å². The number of rotatable bonds is 8. The Kier molecular flexibility index (Phi) is 6.87. The predicted molar refractivity (Wildman–Crippen MR) is 109 cm³/mol. The molecule has 1 aliphatic heterocycles. The van der Waals surface area contributed by atoms with Crippen LogP contribution in [0.15, 0.2) is 36.7 Å². The van der Waals surface area contributed by atoms with E-state index < -0.39 is 0 Å². The summed E-state index contributed by atoms with van der Waals surface area (Å²) in [6, 6.07) is 10.3. The Morgan fingerprint density at radius 1 is 1.26 bits per heavy atom. The molecule has 1 saturated heterocycles. The maximum absolute atomic E-state index is 9.44. The van der Waals surface area contributed by atoms with E-state index in [1.807, 2.05) is 12.1 Å². The first-order valence-corrected chi connectivity index (χ1v) is 9.71. The topological polar surface area (TPSA) is 61.7 Å². The quantitative estimate of drug-likeness (QED) is 0.771. The number of nitrogens with zero attached hydrogens (tertiary/aromatic N) is 4. The zero-order valence-electron chi connectivity index (χ0n) is 16.3. The van der Waals surface area contributed by atoms with Crippen LogP contribution in [-0.4, -0.2) is 55.5 Å². The van der Waals surface area contributed by atoms with Crippen molar-refractivity contribution in [2.45, 2.75) is 25.7 Å². The van der Waals surface area contributed by atoms with Crippen LogP contribution >= 0.6 is 0 Å². The van der Waals surface area contributed by atoms with Crippen LogP contribution in [0, 0.1) is 5.92 Å². The normalized spacial score (nSPS) is 17.0. The Bertz CT molecular complexity index is 708. The number of aromatic nitrogens is 2. The molecule has 1 aliphatic rings. The Morgan fingerprint density at radius 3 is 2.81 bits per heavy atom. The smallest absolute Gasteiger partial charge is 0.134 e. The summed E-state index contributed by atoms with van der Waals surface area (Å²) < 4.78 is 5.20. The van der Waals surface area contributed by atoms with Gasteiger partial charge < -0.3 is 19.6 Å². The minimum Gasteiger partial charge on any atom is -0.497 e. The van der Waals surface area contributed by atoms with Gasteiger partial charge in [-0.3, -0.25) is 0 Å². The van der Waals surface area contributed by atoms with E-state index in [2.05, 4.69) is 45.0 Å². The summed E-state index contributed by atoms with van der Waals surface area (Å²) >= 11 is 0. The molecular formula is C21H30N4O2. The summed E-state index contributed by atoms with van der Waals surface area (Å²) in [6.45, 7) is 3.05. The zero-order valence-corrected chi connectivity index (χ0v) is 16.3. The second kappa shape index (κ2) is 9.55. The van der Waals surface area contributed by atoms with Crippen LogP contribution in [0.2, 0.25) is 0 Å². The summed E-state index contributed by atoms with van der Waals surface area (Å²) in [5, 5.41) is 9.44. The standard InChI is InChI=1S/C21H30N4O2/c1-24(11-3-5-17-7-9-19(27-2)10-8-17)20-13-21(23-16-22-20)25-12-4-6-18(14-25)15-26/h7-10,13,16,18,26H,3-6,11-12,14-15H2,1-2H3/t18-/m0/s1. The molecule has 1 N–H and O–H groups in total. The van der Waals surface area contributed by atoms with Gasteiger partial charge in [-0.1, -0.05) is 12.1 Å². The van der Waals surface area contributed by atoms with Crippen molar-refractivity contribution < 1.29 is 9.84 Å². The van der Waals surface area contributed by atoms with Gasteiger partial charge in [0.05, 0.1) is 7.11 Å². The molecule has 0 radical (unpaired) electrons. The van der Waals surface area contributed by atoms with E-state index >= 15 is 0 Å². The molecule has 1 aromatic carbocycles. The van der Waals surface area contributed by atoms with Gasteiger partial charge in [0.25, 0.3) is 0 Å². The third kappa shape index (κ3) is 5.32. The Labute approximate surface area is 161 Å². The molecule has 1 fully saturated rings. The first-order chi connectivity index (χ1) is 13.2. The molecule has 0 amide bonds. The summed E-state index contributed by atoms with van der Waals surface area (Å²) in [5.74, 6) is 3.14. The van der Waals surface area contributed by atoms with E-state index in [1.165, 1.54) is 5.56 Å². The highest BCUT2D eigenvalue weighted by Gasteiger charge is 2.20. The van der Waals surface area contributed by atoms with Crippen molar-refractivity contribution in [3.8, 4) is 5.75 Å². The molecule has 27 heavy (non-hydrogen) atoms. The van der Waals surface area contributed by atoms with Crippen LogP contribution < -0.4 is 14.5 Å². The van der Waals surface area contributed by atoms with Crippen molar-refractivity contribution in [3.05, 3.63) is 42.2 Å². The number of ether oxygens (including phenoxy) is 1. The average Bonchev–Trinajstić information content (AvgIpc) is 2.74. The van der Waals surface area contributed by atoms with Crippen LogP contribution in [0.4, 0.5) is 11.6 Å². The Morgan fingerprint density at radius 2 is 2.07 bits per heavy atom. The number of aryl methyl sites for hydroxylation is 1. The fourth-order valence-electron chi connectivity index (χ4n) is 3.57. The maximum atomic E-state index is 9.44. The van der Waals surface area contributed by atoms with Gasteiger partial charge in [-0.25, -0.2) is 9.97 Å². The maximum Gasteiger partial charge on any atom is 0.134 e. The first kappa shape index (κ1) is 19.4. The molecule has 6 nitrogen and oxygen atoms in total. The molecule has 0 saturated carbocycles. The van der Waals surface area contributed by atoms with Crippen LogP contribution in [0.3, 0.4) is 0 Å². The lowest BCUT2D eigenvalue weighted by Crippen LogP contribution is -2.37. The first-order valence-electron chi connectivity index (χ1n) is 9.71. The van der Waals surface area contributed by atoms with Crippen molar-refractivity contribution >= 4 is 11.6 Å². The fourth-order valence-corrected chi connectivity index (χ4v) is 3.57. The van der Waals surface area contributed by atoms with Crippen molar-refractivity contribution in [3.63, 3.8) is 0 Å². The van der Waals surface area contributed by atoms with E-state index in [-0.39, 0.29) is 6.61 Å². The molecule has 6 heteroatoms. The minimum atomic E-state index is 0.250. The molecule has 2 aromatic rings. The lowest BCUT2D eigenvalue weighted by molar-refractivity contribution is 0.208. The molecule has 0 spiro atoms. The summed E-state index contributed by atoms with van der Waals surface area (Å²) in [4.78, 5) is 13.3. The molecule has 0 aliphatic carbocycles. The van der Waals surface area contributed by atoms with Crippen molar-refractivity contribution in [2.75, 3.05) is 50.2 Å². The molecule has 0 unspecified atom stereocenters. The van der Waals surface area contributed by atoms with Crippen LogP contribution in [0.25, 0.3) is 0 Å². The average molecular weight is 370 g/mol. The van der Waals surface area contributed by atoms with E-state index in [0.717, 1.165) is 62.7 Å². The zero-order chi connectivity index (χ0) is 19.1. The molecule has 1 atom stereocenters. The largest absolute Gasteiger partial charge is 0.497 e. The predicted octanol–water partition coefficient (Wildman–Crippen LogP) is 2.76. The van der Waals surface area contributed by atoms with Crippen molar-refractivity contribution in [1.82, 2.24) is 9.97 Å². The second-order valence-electron chi connectivity index (χ2n) is 7.24. The minimum absolute atomic E-state index is 0.250. The number of hydrogen-bond donors (Lipinski definition) is 1. The highest BCUT2D eigenvalue weighted by atomic mass is 16.5. The van der Waals surface area contributed by atoms with Gasteiger partial charge in [0.2, 0.25) is 0 Å². The van der Waals surface area contributed by atoms with Gasteiger partial charge in [0.15, 0.2) is 0 Å². The molecular weight excluding hydrogens is 340 g/mol. The molecule has 146 valence electrons. The second-order valence-corrected chi connectivity index (χ2v) is 7.24. The molecule has 1 aromatic heterocycles. The number of anilines is 2. The number of methoxy groups -OCH3 is 1. The summed E-state index contributed by atoms with van der Waals surface area (Å²) in [5.41, 5.74) is 1.32. The van der Waals surface area contributed by atoms with Gasteiger partial charge >= 0.3 is 0 Å². The van der Waals surface area contributed by atoms with Gasteiger partial charge in [0, 0.05) is 39.4 Å². The lowest BCUT2D eigenvalue weighted by atomic mass is 9.99. The van der Waals surface area contributed by atoms with Crippen LogP contribution in [0.5, 0.6) is 5.75 Å². The van der Waals surface area contributed by atoms with Gasteiger partial charge in [-0.2, -0.15) is 0 Å². The third-order valence-electron chi connectivity index (χ3n) is 5.25.